The van der Waals surface area contributed by atoms with Gasteiger partial charge in [-0.2, -0.15) is 5.10 Å². The number of hydrogen-bond donors (Lipinski definition) is 1. The van der Waals surface area contributed by atoms with E-state index < -0.39 is 0 Å². The molecule has 7 nitrogen and oxygen atoms in total. The van der Waals surface area contributed by atoms with Crippen LogP contribution in [0.4, 0.5) is 5.69 Å². The molecule has 1 aromatic carbocycles. The number of hydrogen-bond acceptors (Lipinski definition) is 3. The first-order valence-electron chi connectivity index (χ1n) is 11.1. The Morgan fingerprint density at radius 1 is 1.29 bits per heavy atom. The first-order valence-corrected chi connectivity index (χ1v) is 11.1. The van der Waals surface area contributed by atoms with Gasteiger partial charge in [-0.15, -0.1) is 24.0 Å². The minimum absolute atomic E-state index is 0. The van der Waals surface area contributed by atoms with Gasteiger partial charge in [0.1, 0.15) is 0 Å². The van der Waals surface area contributed by atoms with E-state index in [-0.39, 0.29) is 29.9 Å². The largest absolute Gasteiger partial charge is 0.357 e. The molecule has 0 aliphatic carbocycles. The Labute approximate surface area is 201 Å². The molecule has 3 heterocycles. The molecule has 168 valence electrons. The van der Waals surface area contributed by atoms with Gasteiger partial charge in [-0.1, -0.05) is 18.2 Å². The van der Waals surface area contributed by atoms with E-state index in [0.717, 1.165) is 57.1 Å². The van der Waals surface area contributed by atoms with Crippen molar-refractivity contribution in [3.8, 4) is 0 Å². The monoisotopic (exact) mass is 536 g/mol. The van der Waals surface area contributed by atoms with Crippen LogP contribution in [0.1, 0.15) is 43.2 Å². The topological polar surface area (TPSA) is 65.8 Å². The van der Waals surface area contributed by atoms with Crippen LogP contribution in [-0.2, 0) is 18.3 Å². The third kappa shape index (κ3) is 5.58. The van der Waals surface area contributed by atoms with Gasteiger partial charge in [-0.05, 0) is 43.4 Å². The van der Waals surface area contributed by atoms with E-state index in [4.69, 9.17) is 4.99 Å². The number of anilines is 1. The van der Waals surface area contributed by atoms with Crippen molar-refractivity contribution in [2.24, 2.45) is 12.0 Å². The number of rotatable bonds is 6. The van der Waals surface area contributed by atoms with Crippen molar-refractivity contribution in [1.82, 2.24) is 20.0 Å². The lowest BCUT2D eigenvalue weighted by atomic mass is 10.0. The normalized spacial score (nSPS) is 18.1. The van der Waals surface area contributed by atoms with Crippen LogP contribution in [0.5, 0.6) is 0 Å². The summed E-state index contributed by atoms with van der Waals surface area (Å²) in [5, 5.41) is 7.73. The Kier molecular flexibility index (Phi) is 8.34. The number of aliphatic imine (C=N–C) groups is 1. The van der Waals surface area contributed by atoms with E-state index in [0.29, 0.717) is 18.9 Å². The van der Waals surface area contributed by atoms with E-state index in [9.17, 15) is 4.79 Å². The number of para-hydroxylation sites is 1. The van der Waals surface area contributed by atoms with Crippen molar-refractivity contribution < 1.29 is 4.79 Å². The summed E-state index contributed by atoms with van der Waals surface area (Å²) in [4.78, 5) is 21.8. The summed E-state index contributed by atoms with van der Waals surface area (Å²) in [6.45, 7) is 6.36. The number of nitrogens with one attached hydrogen (secondary N) is 1. The summed E-state index contributed by atoms with van der Waals surface area (Å²) >= 11 is 0. The molecule has 2 aliphatic heterocycles. The van der Waals surface area contributed by atoms with Crippen molar-refractivity contribution in [3.05, 3.63) is 47.8 Å². The SMILES string of the molecule is CCNC(=NCCCC(=O)N1CCc2ccccc21)N1CCC(c2cnn(C)c2)C1.I. The molecule has 0 saturated carbocycles. The molecule has 1 saturated heterocycles. The number of aryl methyl sites for hydroxylation is 1. The van der Waals surface area contributed by atoms with Crippen molar-refractivity contribution in [1.29, 1.82) is 0 Å². The summed E-state index contributed by atoms with van der Waals surface area (Å²) in [5.74, 6) is 1.67. The Bertz CT molecular complexity index is 911. The standard InChI is InChI=1S/C23H32N6O.HI/c1-3-24-23(28-13-10-19(17-28)20-15-26-27(2)16-20)25-12-6-9-22(30)29-14-11-18-7-4-5-8-21(18)29;/h4-5,7-8,15-16,19H,3,6,9-14,17H2,1-2H3,(H,24,25);1H. The molecule has 2 aliphatic rings. The second-order valence-electron chi connectivity index (χ2n) is 8.14. The van der Waals surface area contributed by atoms with Crippen LogP contribution in [0.3, 0.4) is 0 Å². The minimum atomic E-state index is 0. The molecule has 1 fully saturated rings. The molecule has 2 aromatic rings. The zero-order valence-corrected chi connectivity index (χ0v) is 20.8. The van der Waals surface area contributed by atoms with Gasteiger partial charge < -0.3 is 15.1 Å². The van der Waals surface area contributed by atoms with Crippen LogP contribution in [0, 0.1) is 0 Å². The lowest BCUT2D eigenvalue weighted by Crippen LogP contribution is -2.40. The van der Waals surface area contributed by atoms with Crippen LogP contribution in [0.2, 0.25) is 0 Å². The number of likely N-dealkylation sites (tertiary alicyclic amines) is 1. The van der Waals surface area contributed by atoms with Crippen molar-refractivity contribution in [3.63, 3.8) is 0 Å². The molecule has 1 atom stereocenters. The number of fused-ring (bicyclic) bond motifs is 1. The maximum absolute atomic E-state index is 12.7. The van der Waals surface area contributed by atoms with Gasteiger partial charge in [0.15, 0.2) is 5.96 Å². The van der Waals surface area contributed by atoms with Crippen LogP contribution in [0.15, 0.2) is 41.7 Å². The highest BCUT2D eigenvalue weighted by Gasteiger charge is 2.27. The molecule has 1 amide bonds. The van der Waals surface area contributed by atoms with E-state index in [1.54, 1.807) is 0 Å². The van der Waals surface area contributed by atoms with Gasteiger partial charge in [-0.3, -0.25) is 14.5 Å². The van der Waals surface area contributed by atoms with E-state index in [2.05, 4.69) is 34.5 Å². The molecule has 1 unspecified atom stereocenters. The van der Waals surface area contributed by atoms with Crippen molar-refractivity contribution in [2.75, 3.05) is 37.6 Å². The predicted octanol–water partition coefficient (Wildman–Crippen LogP) is 3.16. The summed E-state index contributed by atoms with van der Waals surface area (Å²) in [7, 11) is 1.96. The summed E-state index contributed by atoms with van der Waals surface area (Å²) in [5.41, 5.74) is 3.65. The molecule has 1 aromatic heterocycles. The minimum Gasteiger partial charge on any atom is -0.357 e. The zero-order chi connectivity index (χ0) is 20.9. The van der Waals surface area contributed by atoms with Crippen LogP contribution >= 0.6 is 24.0 Å². The number of amides is 1. The highest BCUT2D eigenvalue weighted by Crippen LogP contribution is 2.28. The van der Waals surface area contributed by atoms with Crippen LogP contribution in [-0.4, -0.2) is 59.3 Å². The number of aromatic nitrogens is 2. The second kappa shape index (κ2) is 11.0. The molecule has 0 radical (unpaired) electrons. The fraction of sp³-hybridized carbons (Fsp3) is 0.522. The molecular formula is C23H33IN6O. The molecule has 1 N–H and O–H groups in total. The summed E-state index contributed by atoms with van der Waals surface area (Å²) < 4.78 is 1.87. The first-order chi connectivity index (χ1) is 14.7. The Morgan fingerprint density at radius 3 is 2.90 bits per heavy atom. The van der Waals surface area contributed by atoms with E-state index in [1.807, 2.05) is 41.0 Å². The number of carbonyl (C=O) groups is 1. The highest BCUT2D eigenvalue weighted by molar-refractivity contribution is 14.0. The first kappa shape index (κ1) is 23.6. The molecule has 4 rings (SSSR count). The van der Waals surface area contributed by atoms with Crippen molar-refractivity contribution in [2.45, 2.75) is 38.5 Å². The lowest BCUT2D eigenvalue weighted by Gasteiger charge is -2.21. The maximum atomic E-state index is 12.7. The van der Waals surface area contributed by atoms with Gasteiger partial charge in [-0.25, -0.2) is 0 Å². The van der Waals surface area contributed by atoms with Crippen LogP contribution < -0.4 is 10.2 Å². The summed E-state index contributed by atoms with van der Waals surface area (Å²) in [6, 6.07) is 8.21. The smallest absolute Gasteiger partial charge is 0.227 e. The number of nitrogens with zero attached hydrogens (tertiary/aromatic N) is 5. The quantitative estimate of drug-likeness (QED) is 0.267. The lowest BCUT2D eigenvalue weighted by molar-refractivity contribution is -0.118. The molecule has 0 bridgehead atoms. The third-order valence-electron chi connectivity index (χ3n) is 6.02. The fourth-order valence-electron chi connectivity index (χ4n) is 4.45. The zero-order valence-electron chi connectivity index (χ0n) is 18.5. The second-order valence-corrected chi connectivity index (χ2v) is 8.14. The number of halogens is 1. The summed E-state index contributed by atoms with van der Waals surface area (Å²) in [6.07, 6.45) is 7.46. The highest BCUT2D eigenvalue weighted by atomic mass is 127. The van der Waals surface area contributed by atoms with Crippen molar-refractivity contribution >= 4 is 41.5 Å². The average Bonchev–Trinajstić information content (AvgIpc) is 3.49. The Morgan fingerprint density at radius 2 is 2.13 bits per heavy atom. The van der Waals surface area contributed by atoms with Gasteiger partial charge in [0.2, 0.25) is 5.91 Å². The Balaban J connectivity index is 0.00000272. The van der Waals surface area contributed by atoms with Gasteiger partial charge >= 0.3 is 0 Å². The Hall–Kier alpha value is -2.10. The number of carbonyl (C=O) groups excluding carboxylic acids is 1. The third-order valence-corrected chi connectivity index (χ3v) is 6.02. The fourth-order valence-corrected chi connectivity index (χ4v) is 4.45. The van der Waals surface area contributed by atoms with E-state index >= 15 is 0 Å². The number of guanidine groups is 1. The average molecular weight is 536 g/mol. The van der Waals surface area contributed by atoms with E-state index in [1.165, 1.54) is 11.1 Å². The molecule has 8 heteroatoms. The predicted molar refractivity (Wildman–Crippen MR) is 135 cm³/mol. The van der Waals surface area contributed by atoms with Gasteiger partial charge in [0.25, 0.3) is 0 Å². The molecular weight excluding hydrogens is 503 g/mol. The maximum Gasteiger partial charge on any atom is 0.227 e. The number of benzene rings is 1. The molecule has 31 heavy (non-hydrogen) atoms. The van der Waals surface area contributed by atoms with Gasteiger partial charge in [0, 0.05) is 64.0 Å². The van der Waals surface area contributed by atoms with Gasteiger partial charge in [0.05, 0.1) is 6.20 Å². The van der Waals surface area contributed by atoms with Crippen LogP contribution in [0.25, 0.3) is 0 Å². The molecule has 0 spiro atoms.